The summed E-state index contributed by atoms with van der Waals surface area (Å²) in [5.41, 5.74) is 7.58. The molecule has 0 N–H and O–H groups in total. The molecule has 7 heteroatoms. The first-order valence-corrected chi connectivity index (χ1v) is 10.3. The number of hydrogen-bond acceptors (Lipinski definition) is 4. The van der Waals surface area contributed by atoms with Crippen LogP contribution in [0.2, 0.25) is 19.6 Å². The highest BCUT2D eigenvalue weighted by Crippen LogP contribution is 2.37. The summed E-state index contributed by atoms with van der Waals surface area (Å²) in [5.74, 6) is -2.15. The van der Waals surface area contributed by atoms with Crippen LogP contribution in [0.4, 0.5) is 0 Å². The summed E-state index contributed by atoms with van der Waals surface area (Å²) >= 11 is 0. The van der Waals surface area contributed by atoms with Gasteiger partial charge in [-0.15, -0.1) is 0 Å². The molecular weight excluding hydrogens is 288 g/mol. The fourth-order valence-electron chi connectivity index (χ4n) is 2.49. The molecule has 0 fully saturated rings. The maximum atomic E-state index is 12.5. The van der Waals surface area contributed by atoms with Crippen LogP contribution in [-0.2, 0) is 18.8 Å². The minimum absolute atomic E-state index is 0.575. The summed E-state index contributed by atoms with van der Waals surface area (Å²) in [5, 5.41) is 0. The fourth-order valence-corrected chi connectivity index (χ4v) is 3.98. The van der Waals surface area contributed by atoms with Crippen molar-refractivity contribution in [1.29, 1.82) is 0 Å². The van der Waals surface area contributed by atoms with Crippen molar-refractivity contribution in [2.75, 3.05) is 7.11 Å². The number of hydrogen-bond donors (Lipinski definition) is 0. The quantitative estimate of drug-likeness (QED) is 0.143. The Morgan fingerprint density at radius 3 is 2.38 bits per heavy atom. The van der Waals surface area contributed by atoms with Crippen LogP contribution in [0.3, 0.4) is 0 Å². The Kier molecular flexibility index (Phi) is 5.39. The number of ketones is 1. The lowest BCUT2D eigenvalue weighted by molar-refractivity contribution is -0.141. The second-order valence-electron chi connectivity index (χ2n) is 6.14. The van der Waals surface area contributed by atoms with Crippen molar-refractivity contribution in [2.45, 2.75) is 45.0 Å². The summed E-state index contributed by atoms with van der Waals surface area (Å²) in [6.45, 7) is 7.81. The van der Waals surface area contributed by atoms with Gasteiger partial charge in [0.1, 0.15) is 0 Å². The summed E-state index contributed by atoms with van der Waals surface area (Å²) in [4.78, 5) is 26.8. The Bertz CT molecular complexity index is 518. The van der Waals surface area contributed by atoms with Crippen molar-refractivity contribution in [3.8, 4) is 0 Å². The molecule has 0 aromatic carbocycles. The number of nitrogens with zero attached hydrogens (tertiary/aromatic N) is 2. The standard InChI is InChI=1S/C14H22N2O4Si/c1-10(12(17)11(16-15)13(18)19-2)14(8-6-7-9-14)20-21(3,4)5/h6,8,10H,7,9H2,1-5H3/t10-,14+/m1/s1. The summed E-state index contributed by atoms with van der Waals surface area (Å²) in [6.07, 6.45) is 5.34. The van der Waals surface area contributed by atoms with Gasteiger partial charge < -0.3 is 14.7 Å². The van der Waals surface area contributed by atoms with Crippen molar-refractivity contribution in [1.82, 2.24) is 0 Å². The van der Waals surface area contributed by atoms with Crippen LogP contribution in [0.25, 0.3) is 5.53 Å². The molecule has 0 heterocycles. The van der Waals surface area contributed by atoms with Gasteiger partial charge in [-0.25, -0.2) is 4.79 Å². The van der Waals surface area contributed by atoms with Crippen LogP contribution in [-0.4, -0.2) is 43.3 Å². The van der Waals surface area contributed by atoms with Gasteiger partial charge in [0.15, 0.2) is 8.32 Å². The highest BCUT2D eigenvalue weighted by molar-refractivity contribution is 6.70. The smallest absolute Gasteiger partial charge is 0.441 e. The van der Waals surface area contributed by atoms with E-state index in [-0.39, 0.29) is 0 Å². The van der Waals surface area contributed by atoms with E-state index in [1.165, 1.54) is 0 Å². The Morgan fingerprint density at radius 2 is 2.00 bits per heavy atom. The molecule has 0 saturated heterocycles. The first-order chi connectivity index (χ1) is 9.67. The molecule has 1 rings (SSSR count). The highest BCUT2D eigenvalue weighted by Gasteiger charge is 2.48. The average Bonchev–Trinajstić information content (AvgIpc) is 2.85. The van der Waals surface area contributed by atoms with Gasteiger partial charge in [0.2, 0.25) is 0 Å². The molecule has 0 aromatic heterocycles. The molecule has 0 aliphatic heterocycles. The number of esters is 1. The van der Waals surface area contributed by atoms with Gasteiger partial charge in [0, 0.05) is 0 Å². The van der Waals surface area contributed by atoms with Gasteiger partial charge in [-0.1, -0.05) is 19.1 Å². The van der Waals surface area contributed by atoms with E-state index in [9.17, 15) is 9.59 Å². The third kappa shape index (κ3) is 3.97. The second kappa shape index (κ2) is 6.47. The van der Waals surface area contributed by atoms with Crippen molar-refractivity contribution in [3.63, 3.8) is 0 Å². The number of ether oxygens (including phenoxy) is 1. The molecule has 0 saturated carbocycles. The molecule has 2 atom stereocenters. The summed E-state index contributed by atoms with van der Waals surface area (Å²) in [6, 6.07) is 0. The summed E-state index contributed by atoms with van der Waals surface area (Å²) in [7, 11) is -0.772. The van der Waals surface area contributed by atoms with Gasteiger partial charge in [-0.2, -0.15) is 4.79 Å². The average molecular weight is 310 g/mol. The fraction of sp³-hybridized carbons (Fsp3) is 0.643. The Hall–Kier alpha value is -1.56. The van der Waals surface area contributed by atoms with Crippen LogP contribution in [0.1, 0.15) is 19.8 Å². The molecule has 0 spiro atoms. The lowest BCUT2D eigenvalue weighted by atomic mass is 9.83. The van der Waals surface area contributed by atoms with Gasteiger partial charge in [0.05, 0.1) is 18.6 Å². The van der Waals surface area contributed by atoms with Gasteiger partial charge >= 0.3 is 11.7 Å². The van der Waals surface area contributed by atoms with E-state index < -0.39 is 37.3 Å². The number of Topliss-reactive ketones (excluding diaryl/α,β-unsaturated/α-hetero) is 1. The van der Waals surface area contributed by atoms with Crippen molar-refractivity contribution >= 4 is 25.8 Å². The second-order valence-corrected chi connectivity index (χ2v) is 10.6. The molecule has 0 aromatic rings. The molecule has 0 unspecified atom stereocenters. The molecule has 6 nitrogen and oxygen atoms in total. The maximum absolute atomic E-state index is 12.5. The van der Waals surface area contributed by atoms with Gasteiger partial charge in [-0.05, 0) is 32.5 Å². The molecule has 1 aliphatic rings. The predicted octanol–water partition coefficient (Wildman–Crippen LogP) is 1.98. The zero-order chi connectivity index (χ0) is 16.3. The molecular formula is C14H22N2O4Si. The van der Waals surface area contributed by atoms with Crippen LogP contribution >= 0.6 is 0 Å². The number of carbonyl (C=O) groups excluding carboxylic acids is 2. The first-order valence-electron chi connectivity index (χ1n) is 6.89. The molecule has 1 aliphatic carbocycles. The predicted molar refractivity (Wildman–Crippen MR) is 80.3 cm³/mol. The van der Waals surface area contributed by atoms with Crippen molar-refractivity contribution < 1.29 is 23.5 Å². The van der Waals surface area contributed by atoms with E-state index >= 15 is 0 Å². The van der Waals surface area contributed by atoms with E-state index in [1.54, 1.807) is 6.92 Å². The molecule has 21 heavy (non-hydrogen) atoms. The molecule has 0 radical (unpaired) electrons. The summed E-state index contributed by atoms with van der Waals surface area (Å²) < 4.78 is 10.7. The zero-order valence-electron chi connectivity index (χ0n) is 13.2. The van der Waals surface area contributed by atoms with Crippen LogP contribution in [0.5, 0.6) is 0 Å². The van der Waals surface area contributed by atoms with Gasteiger partial charge in [-0.3, -0.25) is 4.79 Å². The number of allylic oxidation sites excluding steroid dienone is 1. The van der Waals surface area contributed by atoms with Gasteiger partial charge in [0.25, 0.3) is 5.78 Å². The minimum Gasteiger partial charge on any atom is -0.460 e. The number of methoxy groups -OCH3 is 1. The van der Waals surface area contributed by atoms with E-state index in [2.05, 4.69) is 9.53 Å². The SMILES string of the molecule is COC(=O)C(=[N+]=[N-])C(=O)[C@@H](C)[C@]1(O[Si](C)(C)C)C=CCC1. The largest absolute Gasteiger partial charge is 0.460 e. The van der Waals surface area contributed by atoms with E-state index in [0.717, 1.165) is 13.5 Å². The minimum atomic E-state index is -1.91. The molecule has 0 amide bonds. The normalized spacial score (nSPS) is 22.5. The third-order valence-corrected chi connectivity index (χ3v) is 4.43. The third-order valence-electron chi connectivity index (χ3n) is 3.44. The van der Waals surface area contributed by atoms with Crippen LogP contribution in [0.15, 0.2) is 12.2 Å². The number of rotatable bonds is 6. The van der Waals surface area contributed by atoms with E-state index in [4.69, 9.17) is 9.96 Å². The first kappa shape index (κ1) is 17.5. The maximum Gasteiger partial charge on any atom is 0.441 e. The lowest BCUT2D eigenvalue weighted by Gasteiger charge is -2.38. The van der Waals surface area contributed by atoms with E-state index in [1.807, 2.05) is 31.8 Å². The topological polar surface area (TPSA) is 89.0 Å². The Morgan fingerprint density at radius 1 is 1.38 bits per heavy atom. The molecule has 116 valence electrons. The van der Waals surface area contributed by atoms with E-state index in [0.29, 0.717) is 6.42 Å². The van der Waals surface area contributed by atoms with Crippen LogP contribution in [0, 0.1) is 5.92 Å². The Balaban J connectivity index is 3.10. The van der Waals surface area contributed by atoms with Crippen LogP contribution < -0.4 is 0 Å². The highest BCUT2D eigenvalue weighted by atomic mass is 28.4. The Labute approximate surface area is 125 Å². The molecule has 0 bridgehead atoms. The zero-order valence-corrected chi connectivity index (χ0v) is 14.2. The van der Waals surface area contributed by atoms with Crippen molar-refractivity contribution in [2.24, 2.45) is 5.92 Å². The number of carbonyl (C=O) groups is 2. The lowest BCUT2D eigenvalue weighted by Crippen LogP contribution is -2.49. The van der Waals surface area contributed by atoms with Crippen molar-refractivity contribution in [3.05, 3.63) is 17.7 Å². The monoisotopic (exact) mass is 310 g/mol.